The van der Waals surface area contributed by atoms with Gasteiger partial charge in [-0.2, -0.15) is 0 Å². The predicted octanol–water partition coefficient (Wildman–Crippen LogP) is 14.0. The Morgan fingerprint density at radius 3 is 1.75 bits per heavy atom. The minimum Gasteiger partial charge on any atom is -0.456 e. The summed E-state index contributed by atoms with van der Waals surface area (Å²) in [5.41, 5.74) is 12.7. The van der Waals surface area contributed by atoms with E-state index in [4.69, 9.17) is 4.42 Å². The molecule has 1 aliphatic heterocycles. The van der Waals surface area contributed by atoms with Crippen molar-refractivity contribution in [3.8, 4) is 5.69 Å². The van der Waals surface area contributed by atoms with Crippen LogP contribution in [-0.2, 0) is 5.41 Å². The normalized spacial score (nSPS) is 13.5. The zero-order valence-corrected chi connectivity index (χ0v) is 30.4. The third kappa shape index (κ3) is 4.17. The Labute approximate surface area is 323 Å². The van der Waals surface area contributed by atoms with E-state index in [-0.39, 0.29) is 0 Å². The van der Waals surface area contributed by atoms with Crippen LogP contribution in [0.25, 0.3) is 60.2 Å². The molecule has 0 fully saturated rings. The molecule has 0 radical (unpaired) electrons. The van der Waals surface area contributed by atoms with Gasteiger partial charge < -0.3 is 13.9 Å². The molecule has 0 bridgehead atoms. The SMILES string of the molecule is c1ccc(-n2c3ccccc3c3cc(N4c5ccccc5C(c5ccccc5)(c5cc6ccccc6c6c5oc5ccccc56)c5ccccc54)ccc32)cc1. The summed E-state index contributed by atoms with van der Waals surface area (Å²) in [6.45, 7) is 0. The van der Waals surface area contributed by atoms with Gasteiger partial charge in [-0.1, -0.05) is 146 Å². The second kappa shape index (κ2) is 11.8. The van der Waals surface area contributed by atoms with E-state index in [9.17, 15) is 0 Å². The van der Waals surface area contributed by atoms with E-state index in [1.54, 1.807) is 0 Å². The zero-order chi connectivity index (χ0) is 36.8. The van der Waals surface area contributed by atoms with Gasteiger partial charge in [0.25, 0.3) is 0 Å². The van der Waals surface area contributed by atoms with E-state index < -0.39 is 5.41 Å². The average Bonchev–Trinajstić information content (AvgIpc) is 3.82. The van der Waals surface area contributed by atoms with Crippen molar-refractivity contribution >= 4 is 71.6 Å². The first-order valence-corrected chi connectivity index (χ1v) is 19.3. The van der Waals surface area contributed by atoms with Crippen LogP contribution in [-0.4, -0.2) is 4.57 Å². The average molecular weight is 715 g/mol. The van der Waals surface area contributed by atoms with Crippen molar-refractivity contribution in [2.75, 3.05) is 4.90 Å². The fourth-order valence-corrected chi connectivity index (χ4v) is 9.78. The molecular formula is C53H34N2O. The lowest BCUT2D eigenvalue weighted by Crippen LogP contribution is -2.37. The van der Waals surface area contributed by atoms with Crippen LogP contribution >= 0.6 is 0 Å². The molecule has 9 aromatic carbocycles. The third-order valence-corrected chi connectivity index (χ3v) is 12.0. The van der Waals surface area contributed by atoms with Gasteiger partial charge in [-0.3, -0.25) is 0 Å². The lowest BCUT2D eigenvalue weighted by atomic mass is 9.62. The smallest absolute Gasteiger partial charge is 0.140 e. The molecule has 262 valence electrons. The second-order valence-corrected chi connectivity index (χ2v) is 14.8. The van der Waals surface area contributed by atoms with Crippen LogP contribution < -0.4 is 4.90 Å². The maximum absolute atomic E-state index is 7.04. The summed E-state index contributed by atoms with van der Waals surface area (Å²) in [6.07, 6.45) is 0. The molecular weight excluding hydrogens is 681 g/mol. The van der Waals surface area contributed by atoms with Crippen molar-refractivity contribution < 1.29 is 4.42 Å². The lowest BCUT2D eigenvalue weighted by molar-refractivity contribution is 0.644. The van der Waals surface area contributed by atoms with Crippen molar-refractivity contribution in [1.29, 1.82) is 0 Å². The van der Waals surface area contributed by atoms with E-state index in [2.05, 4.69) is 216 Å². The number of hydrogen-bond donors (Lipinski definition) is 0. The van der Waals surface area contributed by atoms with Crippen molar-refractivity contribution in [2.24, 2.45) is 0 Å². The largest absolute Gasteiger partial charge is 0.456 e. The molecule has 0 saturated heterocycles. The Bertz CT molecular complexity index is 3270. The van der Waals surface area contributed by atoms with Crippen LogP contribution in [0.5, 0.6) is 0 Å². The van der Waals surface area contributed by atoms with Crippen molar-refractivity contribution in [1.82, 2.24) is 4.57 Å². The van der Waals surface area contributed by atoms with Gasteiger partial charge in [0.2, 0.25) is 0 Å². The summed E-state index contributed by atoms with van der Waals surface area (Å²) in [4.78, 5) is 2.47. The van der Waals surface area contributed by atoms with Gasteiger partial charge >= 0.3 is 0 Å². The maximum Gasteiger partial charge on any atom is 0.140 e. The first-order chi connectivity index (χ1) is 27.8. The van der Waals surface area contributed by atoms with E-state index in [1.807, 2.05) is 0 Å². The van der Waals surface area contributed by atoms with Crippen molar-refractivity contribution in [3.63, 3.8) is 0 Å². The first-order valence-electron chi connectivity index (χ1n) is 19.3. The molecule has 3 nitrogen and oxygen atoms in total. The topological polar surface area (TPSA) is 21.3 Å². The Balaban J connectivity index is 1.19. The van der Waals surface area contributed by atoms with E-state index in [0.717, 1.165) is 50.3 Å². The van der Waals surface area contributed by atoms with Gasteiger partial charge in [-0.05, 0) is 88.1 Å². The van der Waals surface area contributed by atoms with E-state index >= 15 is 0 Å². The van der Waals surface area contributed by atoms with Gasteiger partial charge in [-0.25, -0.2) is 0 Å². The number of benzene rings is 9. The highest BCUT2D eigenvalue weighted by molar-refractivity contribution is 6.20. The predicted molar refractivity (Wildman–Crippen MR) is 232 cm³/mol. The zero-order valence-electron chi connectivity index (χ0n) is 30.4. The standard InChI is InChI=1S/C53H34N2O/c1-3-18-36(19-4-1)53(45-33-35-17-7-8-22-39(35)51-41-24-10-16-30-50(41)56-52(45)51)43-25-11-14-28-48(43)55(49-29-15-12-26-44(49)53)38-31-32-47-42(34-38)40-23-9-13-27-46(40)54(47)37-20-5-2-6-21-37/h1-34H. The summed E-state index contributed by atoms with van der Waals surface area (Å²) >= 11 is 0. The molecule has 0 saturated carbocycles. The van der Waals surface area contributed by atoms with Gasteiger partial charge in [-0.15, -0.1) is 0 Å². The number of para-hydroxylation sites is 5. The molecule has 2 aromatic heterocycles. The van der Waals surface area contributed by atoms with Gasteiger partial charge in [0, 0.05) is 38.5 Å². The van der Waals surface area contributed by atoms with Crippen LogP contribution in [0, 0.1) is 0 Å². The molecule has 0 atom stereocenters. The van der Waals surface area contributed by atoms with Gasteiger partial charge in [0.15, 0.2) is 0 Å². The number of anilines is 3. The molecule has 1 aliphatic rings. The van der Waals surface area contributed by atoms with Crippen LogP contribution in [0.4, 0.5) is 17.1 Å². The highest BCUT2D eigenvalue weighted by Gasteiger charge is 2.48. The first kappa shape index (κ1) is 31.0. The molecule has 0 N–H and O–H groups in total. The number of fused-ring (bicyclic) bond motifs is 10. The Morgan fingerprint density at radius 2 is 0.982 bits per heavy atom. The number of furan rings is 1. The summed E-state index contributed by atoms with van der Waals surface area (Å²) in [5, 5.41) is 7.12. The van der Waals surface area contributed by atoms with E-state index in [0.29, 0.717) is 0 Å². The fraction of sp³-hybridized carbons (Fsp3) is 0.0189. The number of rotatable bonds is 4. The molecule has 0 amide bonds. The quantitative estimate of drug-likeness (QED) is 0.181. The van der Waals surface area contributed by atoms with Crippen molar-refractivity contribution in [3.05, 3.63) is 229 Å². The van der Waals surface area contributed by atoms with Crippen molar-refractivity contribution in [2.45, 2.75) is 5.41 Å². The number of nitrogens with zero attached hydrogens (tertiary/aromatic N) is 2. The van der Waals surface area contributed by atoms with Gasteiger partial charge in [0.1, 0.15) is 11.2 Å². The Hall–Kier alpha value is -7.36. The molecule has 12 rings (SSSR count). The molecule has 0 aliphatic carbocycles. The fourth-order valence-electron chi connectivity index (χ4n) is 9.78. The summed E-state index contributed by atoms with van der Waals surface area (Å²) in [5.74, 6) is 0. The molecule has 0 spiro atoms. The number of hydrogen-bond acceptors (Lipinski definition) is 2. The molecule has 0 unspecified atom stereocenters. The molecule has 3 heterocycles. The monoisotopic (exact) mass is 714 g/mol. The maximum atomic E-state index is 7.04. The Kier molecular flexibility index (Phi) is 6.55. The summed E-state index contributed by atoms with van der Waals surface area (Å²) < 4.78 is 9.43. The minimum absolute atomic E-state index is 0.714. The van der Waals surface area contributed by atoms with Crippen LogP contribution in [0.15, 0.2) is 211 Å². The van der Waals surface area contributed by atoms with E-state index in [1.165, 1.54) is 49.3 Å². The molecule has 3 heteroatoms. The molecule has 56 heavy (non-hydrogen) atoms. The number of aromatic nitrogens is 1. The molecule has 11 aromatic rings. The Morgan fingerprint density at radius 1 is 0.393 bits per heavy atom. The third-order valence-electron chi connectivity index (χ3n) is 12.0. The minimum atomic E-state index is -0.714. The van der Waals surface area contributed by atoms with Gasteiger partial charge in [0.05, 0.1) is 27.8 Å². The summed E-state index contributed by atoms with van der Waals surface area (Å²) in [6, 6.07) is 75.0. The van der Waals surface area contributed by atoms with Crippen LogP contribution in [0.3, 0.4) is 0 Å². The summed E-state index contributed by atoms with van der Waals surface area (Å²) in [7, 11) is 0. The highest BCUT2D eigenvalue weighted by atomic mass is 16.3. The van der Waals surface area contributed by atoms with Crippen LogP contribution in [0.1, 0.15) is 22.3 Å². The second-order valence-electron chi connectivity index (χ2n) is 14.8. The lowest BCUT2D eigenvalue weighted by Gasteiger charge is -2.46. The highest BCUT2D eigenvalue weighted by Crippen LogP contribution is 2.59. The van der Waals surface area contributed by atoms with Crippen LogP contribution in [0.2, 0.25) is 0 Å².